The van der Waals surface area contributed by atoms with E-state index in [-0.39, 0.29) is 5.41 Å². The largest absolute Gasteiger partial charge is 0.256 e. The van der Waals surface area contributed by atoms with Crippen molar-refractivity contribution in [3.05, 3.63) is 53.7 Å². The van der Waals surface area contributed by atoms with E-state index in [2.05, 4.69) is 76.0 Å². The number of hydrogen-bond donors (Lipinski definition) is 0. The van der Waals surface area contributed by atoms with Gasteiger partial charge in [0.25, 0.3) is 0 Å². The Balaban J connectivity index is 2.35. The third-order valence-electron chi connectivity index (χ3n) is 3.50. The molecule has 0 bridgehead atoms. The minimum Gasteiger partial charge on any atom is -0.256 e. The molecule has 0 amide bonds. The SMILES string of the molecule is CC(C)c1ccnc(-c2ccc(C(C)(C)C)cc2)c1. The zero-order valence-corrected chi connectivity index (χ0v) is 12.6. The van der Waals surface area contributed by atoms with Crippen molar-refractivity contribution in [1.82, 2.24) is 4.98 Å². The Bertz CT molecular complexity index is 545. The van der Waals surface area contributed by atoms with Crippen LogP contribution in [-0.2, 0) is 5.41 Å². The lowest BCUT2D eigenvalue weighted by atomic mass is 9.86. The Hall–Kier alpha value is -1.63. The molecule has 0 aliphatic carbocycles. The van der Waals surface area contributed by atoms with Crippen molar-refractivity contribution >= 4 is 0 Å². The average molecular weight is 253 g/mol. The monoisotopic (exact) mass is 253 g/mol. The summed E-state index contributed by atoms with van der Waals surface area (Å²) in [5.74, 6) is 0.538. The lowest BCUT2D eigenvalue weighted by Crippen LogP contribution is -2.10. The molecule has 1 nitrogen and oxygen atoms in total. The van der Waals surface area contributed by atoms with Crippen LogP contribution < -0.4 is 0 Å². The number of aromatic nitrogens is 1. The molecule has 1 heteroatoms. The van der Waals surface area contributed by atoms with Crippen LogP contribution in [0.4, 0.5) is 0 Å². The van der Waals surface area contributed by atoms with Gasteiger partial charge in [0.2, 0.25) is 0 Å². The first kappa shape index (κ1) is 13.8. The third-order valence-corrected chi connectivity index (χ3v) is 3.50. The summed E-state index contributed by atoms with van der Waals surface area (Å²) >= 11 is 0. The topological polar surface area (TPSA) is 12.9 Å². The minimum absolute atomic E-state index is 0.200. The van der Waals surface area contributed by atoms with Gasteiger partial charge in [-0.15, -0.1) is 0 Å². The molecule has 1 aromatic heterocycles. The third kappa shape index (κ3) is 3.23. The van der Waals surface area contributed by atoms with Gasteiger partial charge in [-0.25, -0.2) is 0 Å². The Labute approximate surface area is 116 Å². The zero-order chi connectivity index (χ0) is 14.0. The molecule has 2 rings (SSSR count). The molecule has 0 fully saturated rings. The van der Waals surface area contributed by atoms with Crippen LogP contribution in [-0.4, -0.2) is 4.98 Å². The number of rotatable bonds is 2. The summed E-state index contributed by atoms with van der Waals surface area (Å²) < 4.78 is 0. The Morgan fingerprint density at radius 2 is 1.58 bits per heavy atom. The highest BCUT2D eigenvalue weighted by Crippen LogP contribution is 2.26. The average Bonchev–Trinajstić information content (AvgIpc) is 2.38. The summed E-state index contributed by atoms with van der Waals surface area (Å²) in [6, 6.07) is 13.0. The summed E-state index contributed by atoms with van der Waals surface area (Å²) in [5.41, 5.74) is 5.15. The van der Waals surface area contributed by atoms with E-state index in [0.717, 1.165) is 5.69 Å². The van der Waals surface area contributed by atoms with Crippen LogP contribution in [0.15, 0.2) is 42.6 Å². The molecule has 0 spiro atoms. The molecular formula is C18H23N. The van der Waals surface area contributed by atoms with Gasteiger partial charge in [0.05, 0.1) is 5.69 Å². The summed E-state index contributed by atoms with van der Waals surface area (Å²) in [7, 11) is 0. The predicted molar refractivity (Wildman–Crippen MR) is 82.5 cm³/mol. The molecule has 0 saturated heterocycles. The van der Waals surface area contributed by atoms with Crippen LogP contribution >= 0.6 is 0 Å². The van der Waals surface area contributed by atoms with Crippen LogP contribution in [0.1, 0.15) is 51.7 Å². The highest BCUT2D eigenvalue weighted by Gasteiger charge is 2.13. The number of nitrogens with zero attached hydrogens (tertiary/aromatic N) is 1. The highest BCUT2D eigenvalue weighted by atomic mass is 14.7. The van der Waals surface area contributed by atoms with Gasteiger partial charge in [-0.05, 0) is 34.6 Å². The second-order valence-electron chi connectivity index (χ2n) is 6.46. The van der Waals surface area contributed by atoms with Gasteiger partial charge in [0.15, 0.2) is 0 Å². The molecule has 2 aromatic rings. The second kappa shape index (κ2) is 5.16. The van der Waals surface area contributed by atoms with Gasteiger partial charge in [0, 0.05) is 11.8 Å². The molecular weight excluding hydrogens is 230 g/mol. The molecule has 19 heavy (non-hydrogen) atoms. The maximum absolute atomic E-state index is 4.48. The number of benzene rings is 1. The van der Waals surface area contributed by atoms with E-state index in [1.165, 1.54) is 16.7 Å². The van der Waals surface area contributed by atoms with Crippen LogP contribution in [0, 0.1) is 0 Å². The van der Waals surface area contributed by atoms with Crippen molar-refractivity contribution in [1.29, 1.82) is 0 Å². The van der Waals surface area contributed by atoms with E-state index >= 15 is 0 Å². The van der Waals surface area contributed by atoms with E-state index in [0.29, 0.717) is 5.92 Å². The van der Waals surface area contributed by atoms with Crippen molar-refractivity contribution in [2.24, 2.45) is 0 Å². The Morgan fingerprint density at radius 1 is 0.947 bits per heavy atom. The molecule has 0 aliphatic heterocycles. The lowest BCUT2D eigenvalue weighted by Gasteiger charge is -2.19. The van der Waals surface area contributed by atoms with Crippen LogP contribution in [0.5, 0.6) is 0 Å². The molecule has 0 atom stereocenters. The molecule has 0 aliphatic rings. The van der Waals surface area contributed by atoms with E-state index < -0.39 is 0 Å². The van der Waals surface area contributed by atoms with Crippen molar-refractivity contribution < 1.29 is 0 Å². The standard InChI is InChI=1S/C18H23N/c1-13(2)15-10-11-19-17(12-15)14-6-8-16(9-7-14)18(3,4)5/h6-13H,1-5H3. The number of pyridine rings is 1. The molecule has 0 N–H and O–H groups in total. The summed E-state index contributed by atoms with van der Waals surface area (Å²) in [4.78, 5) is 4.48. The quantitative estimate of drug-likeness (QED) is 0.719. The first-order valence-electron chi connectivity index (χ1n) is 6.95. The van der Waals surface area contributed by atoms with Crippen molar-refractivity contribution in [3.63, 3.8) is 0 Å². The molecule has 0 unspecified atom stereocenters. The second-order valence-corrected chi connectivity index (χ2v) is 6.46. The maximum atomic E-state index is 4.48. The fraction of sp³-hybridized carbons (Fsp3) is 0.389. The van der Waals surface area contributed by atoms with Crippen LogP contribution in [0.25, 0.3) is 11.3 Å². The van der Waals surface area contributed by atoms with Gasteiger partial charge in [-0.3, -0.25) is 4.98 Å². The maximum Gasteiger partial charge on any atom is 0.0704 e. The first-order chi connectivity index (χ1) is 8.88. The van der Waals surface area contributed by atoms with E-state index in [9.17, 15) is 0 Å². The Morgan fingerprint density at radius 3 is 2.11 bits per heavy atom. The fourth-order valence-corrected chi connectivity index (χ4v) is 2.10. The summed E-state index contributed by atoms with van der Waals surface area (Å²) in [5, 5.41) is 0. The molecule has 0 radical (unpaired) electrons. The van der Waals surface area contributed by atoms with Crippen molar-refractivity contribution in [2.45, 2.75) is 46.0 Å². The van der Waals surface area contributed by atoms with E-state index in [1.54, 1.807) is 0 Å². The number of hydrogen-bond acceptors (Lipinski definition) is 1. The fourth-order valence-electron chi connectivity index (χ4n) is 2.10. The molecule has 1 heterocycles. The van der Waals surface area contributed by atoms with Gasteiger partial charge in [-0.1, -0.05) is 58.9 Å². The highest BCUT2D eigenvalue weighted by molar-refractivity contribution is 5.60. The van der Waals surface area contributed by atoms with E-state index in [1.807, 2.05) is 6.20 Å². The Kier molecular flexibility index (Phi) is 3.75. The molecule has 1 aromatic carbocycles. The van der Waals surface area contributed by atoms with Crippen molar-refractivity contribution in [2.75, 3.05) is 0 Å². The smallest absolute Gasteiger partial charge is 0.0704 e. The van der Waals surface area contributed by atoms with Crippen molar-refractivity contribution in [3.8, 4) is 11.3 Å². The van der Waals surface area contributed by atoms with Gasteiger partial charge >= 0.3 is 0 Å². The van der Waals surface area contributed by atoms with Gasteiger partial charge in [0.1, 0.15) is 0 Å². The predicted octanol–water partition coefficient (Wildman–Crippen LogP) is 5.17. The van der Waals surface area contributed by atoms with E-state index in [4.69, 9.17) is 0 Å². The molecule has 100 valence electrons. The minimum atomic E-state index is 0.200. The van der Waals surface area contributed by atoms with Gasteiger partial charge in [-0.2, -0.15) is 0 Å². The summed E-state index contributed by atoms with van der Waals surface area (Å²) in [6.45, 7) is 11.1. The first-order valence-corrected chi connectivity index (χ1v) is 6.95. The zero-order valence-electron chi connectivity index (χ0n) is 12.6. The van der Waals surface area contributed by atoms with Gasteiger partial charge < -0.3 is 0 Å². The van der Waals surface area contributed by atoms with Crippen LogP contribution in [0.3, 0.4) is 0 Å². The molecule has 0 saturated carbocycles. The van der Waals surface area contributed by atoms with Crippen LogP contribution in [0.2, 0.25) is 0 Å². The lowest BCUT2D eigenvalue weighted by molar-refractivity contribution is 0.590. The summed E-state index contributed by atoms with van der Waals surface area (Å²) in [6.07, 6.45) is 1.91. The normalized spacial score (nSPS) is 11.9.